The summed E-state index contributed by atoms with van der Waals surface area (Å²) < 4.78 is 0. The van der Waals surface area contributed by atoms with Crippen molar-refractivity contribution in [3.63, 3.8) is 0 Å². The molecule has 3 aromatic heterocycles. The fraction of sp³-hybridized carbons (Fsp3) is 0. The molecule has 0 aliphatic heterocycles. The first-order valence-corrected chi connectivity index (χ1v) is 6.20. The Labute approximate surface area is 110 Å². The highest BCUT2D eigenvalue weighted by atomic mass is 14.8. The topological polar surface area (TPSA) is 41.6 Å². The summed E-state index contributed by atoms with van der Waals surface area (Å²) in [4.78, 5) is 12.1. The summed E-state index contributed by atoms with van der Waals surface area (Å²) in [6.45, 7) is 0. The van der Waals surface area contributed by atoms with Crippen LogP contribution in [0.3, 0.4) is 0 Å². The zero-order chi connectivity index (χ0) is 12.7. The molecular formula is C16H11N3. The second-order valence-electron chi connectivity index (χ2n) is 4.48. The number of nitrogens with zero attached hydrogens (tertiary/aromatic N) is 2. The molecule has 1 aromatic carbocycles. The number of benzene rings is 1. The Hall–Kier alpha value is -2.68. The molecule has 0 amide bonds. The van der Waals surface area contributed by atoms with Crippen molar-refractivity contribution in [2.45, 2.75) is 0 Å². The number of aromatic amines is 1. The van der Waals surface area contributed by atoms with Crippen molar-refractivity contribution >= 4 is 21.8 Å². The third-order valence-electron chi connectivity index (χ3n) is 3.38. The van der Waals surface area contributed by atoms with Crippen molar-refractivity contribution in [3.8, 4) is 11.3 Å². The lowest BCUT2D eigenvalue weighted by molar-refractivity contribution is 1.32. The van der Waals surface area contributed by atoms with Gasteiger partial charge in [-0.05, 0) is 23.6 Å². The summed E-state index contributed by atoms with van der Waals surface area (Å²) in [5.74, 6) is 0. The molecule has 3 nitrogen and oxygen atoms in total. The number of fused-ring (bicyclic) bond motifs is 2. The van der Waals surface area contributed by atoms with Gasteiger partial charge in [-0.25, -0.2) is 4.98 Å². The summed E-state index contributed by atoms with van der Waals surface area (Å²) in [5.41, 5.74) is 2.99. The largest absolute Gasteiger partial charge is 0.345 e. The molecule has 0 aliphatic carbocycles. The van der Waals surface area contributed by atoms with Gasteiger partial charge in [-0.15, -0.1) is 0 Å². The maximum absolute atomic E-state index is 4.55. The summed E-state index contributed by atoms with van der Waals surface area (Å²) >= 11 is 0. The van der Waals surface area contributed by atoms with E-state index in [1.807, 2.05) is 36.7 Å². The van der Waals surface area contributed by atoms with E-state index in [0.29, 0.717) is 0 Å². The SMILES string of the molecule is c1ccc2c(-c3c[nH]c4ncccc34)nccc2c1. The molecule has 90 valence electrons. The van der Waals surface area contributed by atoms with Gasteiger partial charge in [0.05, 0.1) is 5.69 Å². The van der Waals surface area contributed by atoms with Crippen LogP contribution in [0.4, 0.5) is 0 Å². The van der Waals surface area contributed by atoms with E-state index in [1.165, 1.54) is 5.39 Å². The van der Waals surface area contributed by atoms with Gasteiger partial charge in [0.1, 0.15) is 5.65 Å². The monoisotopic (exact) mass is 245 g/mol. The van der Waals surface area contributed by atoms with Crippen LogP contribution >= 0.6 is 0 Å². The number of hydrogen-bond acceptors (Lipinski definition) is 2. The summed E-state index contributed by atoms with van der Waals surface area (Å²) in [5, 5.41) is 3.46. The third kappa shape index (κ3) is 1.52. The highest BCUT2D eigenvalue weighted by Crippen LogP contribution is 2.31. The van der Waals surface area contributed by atoms with Crippen LogP contribution in [0.1, 0.15) is 0 Å². The van der Waals surface area contributed by atoms with E-state index >= 15 is 0 Å². The Balaban J connectivity index is 2.10. The molecule has 0 radical (unpaired) electrons. The molecule has 3 heteroatoms. The Kier molecular flexibility index (Phi) is 2.12. The lowest BCUT2D eigenvalue weighted by Gasteiger charge is -2.04. The highest BCUT2D eigenvalue weighted by Gasteiger charge is 2.10. The Bertz CT molecular complexity index is 872. The van der Waals surface area contributed by atoms with Crippen LogP contribution in [0.25, 0.3) is 33.1 Å². The zero-order valence-corrected chi connectivity index (χ0v) is 10.2. The van der Waals surface area contributed by atoms with E-state index in [4.69, 9.17) is 0 Å². The van der Waals surface area contributed by atoms with E-state index in [0.717, 1.165) is 27.7 Å². The van der Waals surface area contributed by atoms with Gasteiger partial charge in [-0.1, -0.05) is 24.3 Å². The molecule has 0 fully saturated rings. The normalized spacial score (nSPS) is 11.2. The molecule has 0 saturated heterocycles. The summed E-state index contributed by atoms with van der Waals surface area (Å²) in [6, 6.07) is 14.3. The van der Waals surface area contributed by atoms with Crippen molar-refractivity contribution in [3.05, 3.63) is 61.1 Å². The number of H-pyrrole nitrogens is 1. The predicted octanol–water partition coefficient (Wildman–Crippen LogP) is 3.78. The molecular weight excluding hydrogens is 234 g/mol. The molecule has 4 rings (SSSR count). The van der Waals surface area contributed by atoms with E-state index in [1.54, 1.807) is 6.20 Å². The van der Waals surface area contributed by atoms with Gasteiger partial charge in [0, 0.05) is 34.9 Å². The van der Waals surface area contributed by atoms with Gasteiger partial charge < -0.3 is 4.98 Å². The van der Waals surface area contributed by atoms with Crippen LogP contribution in [-0.4, -0.2) is 15.0 Å². The molecule has 1 N–H and O–H groups in total. The van der Waals surface area contributed by atoms with Gasteiger partial charge in [0.2, 0.25) is 0 Å². The van der Waals surface area contributed by atoms with Crippen LogP contribution < -0.4 is 0 Å². The van der Waals surface area contributed by atoms with Crippen molar-refractivity contribution in [2.75, 3.05) is 0 Å². The summed E-state index contributed by atoms with van der Waals surface area (Å²) in [6.07, 6.45) is 5.62. The zero-order valence-electron chi connectivity index (χ0n) is 10.2. The molecule has 0 atom stereocenters. The summed E-state index contributed by atoms with van der Waals surface area (Å²) in [7, 11) is 0. The van der Waals surface area contributed by atoms with Crippen molar-refractivity contribution in [1.29, 1.82) is 0 Å². The smallest absolute Gasteiger partial charge is 0.137 e. The molecule has 0 spiro atoms. The van der Waals surface area contributed by atoms with Crippen LogP contribution in [0.15, 0.2) is 61.1 Å². The maximum Gasteiger partial charge on any atom is 0.137 e. The van der Waals surface area contributed by atoms with Crippen molar-refractivity contribution in [2.24, 2.45) is 0 Å². The maximum atomic E-state index is 4.55. The average molecular weight is 245 g/mol. The standard InChI is InChI=1S/C16H11N3/c1-2-5-12-11(4-1)7-9-17-15(12)14-10-19-16-13(14)6-3-8-18-16/h1-10H,(H,18,19). The van der Waals surface area contributed by atoms with E-state index in [-0.39, 0.29) is 0 Å². The number of pyridine rings is 2. The van der Waals surface area contributed by atoms with E-state index < -0.39 is 0 Å². The van der Waals surface area contributed by atoms with Crippen LogP contribution in [0, 0.1) is 0 Å². The molecule has 0 aliphatic rings. The minimum absolute atomic E-state index is 0.896. The molecule has 0 bridgehead atoms. The van der Waals surface area contributed by atoms with Crippen LogP contribution in [0.2, 0.25) is 0 Å². The minimum atomic E-state index is 0.896. The average Bonchev–Trinajstić information content (AvgIpc) is 2.90. The second kappa shape index (κ2) is 3.92. The quantitative estimate of drug-likeness (QED) is 0.554. The van der Waals surface area contributed by atoms with E-state index in [9.17, 15) is 0 Å². The molecule has 19 heavy (non-hydrogen) atoms. The van der Waals surface area contributed by atoms with Gasteiger partial charge in [-0.3, -0.25) is 4.98 Å². The first-order valence-electron chi connectivity index (χ1n) is 6.20. The van der Waals surface area contributed by atoms with Gasteiger partial charge in [0.15, 0.2) is 0 Å². The fourth-order valence-corrected chi connectivity index (χ4v) is 2.49. The fourth-order valence-electron chi connectivity index (χ4n) is 2.49. The van der Waals surface area contributed by atoms with Crippen molar-refractivity contribution < 1.29 is 0 Å². The van der Waals surface area contributed by atoms with Gasteiger partial charge in [0.25, 0.3) is 0 Å². The number of aromatic nitrogens is 3. The Morgan fingerprint density at radius 3 is 2.68 bits per heavy atom. The van der Waals surface area contributed by atoms with E-state index in [2.05, 4.69) is 33.2 Å². The lowest BCUT2D eigenvalue weighted by Crippen LogP contribution is -1.84. The van der Waals surface area contributed by atoms with Gasteiger partial charge >= 0.3 is 0 Å². The van der Waals surface area contributed by atoms with Gasteiger partial charge in [-0.2, -0.15) is 0 Å². The third-order valence-corrected chi connectivity index (χ3v) is 3.38. The van der Waals surface area contributed by atoms with Crippen molar-refractivity contribution in [1.82, 2.24) is 15.0 Å². The second-order valence-corrected chi connectivity index (χ2v) is 4.48. The first-order chi connectivity index (χ1) is 9.43. The van der Waals surface area contributed by atoms with Crippen LogP contribution in [-0.2, 0) is 0 Å². The number of rotatable bonds is 1. The Morgan fingerprint density at radius 1 is 0.789 bits per heavy atom. The van der Waals surface area contributed by atoms with Crippen LogP contribution in [0.5, 0.6) is 0 Å². The molecule has 4 aromatic rings. The number of nitrogens with one attached hydrogen (secondary N) is 1. The number of hydrogen-bond donors (Lipinski definition) is 1. The molecule has 0 unspecified atom stereocenters. The Morgan fingerprint density at radius 2 is 1.68 bits per heavy atom. The molecule has 0 saturated carbocycles. The molecule has 3 heterocycles. The highest BCUT2D eigenvalue weighted by molar-refractivity contribution is 6.02. The minimum Gasteiger partial charge on any atom is -0.345 e. The lowest BCUT2D eigenvalue weighted by atomic mass is 10.0. The predicted molar refractivity (Wildman–Crippen MR) is 76.8 cm³/mol. The first kappa shape index (κ1) is 10.3.